The van der Waals surface area contributed by atoms with Gasteiger partial charge in [-0.1, -0.05) is 23.7 Å². The van der Waals surface area contributed by atoms with Crippen LogP contribution in [0.2, 0.25) is 5.02 Å². The number of ether oxygens (including phenoxy) is 1. The second-order valence-electron chi connectivity index (χ2n) is 5.49. The quantitative estimate of drug-likeness (QED) is 0.921. The van der Waals surface area contributed by atoms with Gasteiger partial charge >= 0.3 is 0 Å². The van der Waals surface area contributed by atoms with Crippen molar-refractivity contribution in [2.45, 2.75) is 12.6 Å². The molecule has 1 aromatic carbocycles. The second kappa shape index (κ2) is 7.45. The summed E-state index contributed by atoms with van der Waals surface area (Å²) in [5.74, 6) is -0.0551. The largest absolute Gasteiger partial charge is 0.366 e. The van der Waals surface area contributed by atoms with E-state index >= 15 is 0 Å². The van der Waals surface area contributed by atoms with E-state index in [1.54, 1.807) is 18.4 Å². The molecule has 6 heteroatoms. The normalized spacial score (nSPS) is 18.8. The van der Waals surface area contributed by atoms with Gasteiger partial charge in [0, 0.05) is 41.5 Å². The Kier molecular flexibility index (Phi) is 5.33. The van der Waals surface area contributed by atoms with Crippen LogP contribution < -0.4 is 5.32 Å². The molecule has 2 aromatic rings. The van der Waals surface area contributed by atoms with Gasteiger partial charge in [0.1, 0.15) is 6.10 Å². The maximum atomic E-state index is 11.7. The molecular weight excluding hydrogens is 332 g/mol. The topological polar surface area (TPSA) is 41.6 Å². The maximum Gasteiger partial charge on any atom is 0.250 e. The molecule has 0 radical (unpaired) electrons. The molecule has 4 nitrogen and oxygen atoms in total. The van der Waals surface area contributed by atoms with E-state index in [1.165, 1.54) is 9.75 Å². The minimum absolute atomic E-state index is 0.0551. The number of hydrogen-bond donors (Lipinski definition) is 1. The van der Waals surface area contributed by atoms with Gasteiger partial charge in [-0.2, -0.15) is 0 Å². The van der Waals surface area contributed by atoms with Crippen LogP contribution in [0.15, 0.2) is 36.4 Å². The average Bonchev–Trinajstić information content (AvgIpc) is 3.03. The van der Waals surface area contributed by atoms with Crippen LogP contribution >= 0.6 is 22.9 Å². The summed E-state index contributed by atoms with van der Waals surface area (Å²) in [5, 5.41) is 3.40. The fourth-order valence-electron chi connectivity index (χ4n) is 2.65. The number of nitrogens with zero attached hydrogens (tertiary/aromatic N) is 1. The van der Waals surface area contributed by atoms with Gasteiger partial charge in [-0.25, -0.2) is 0 Å². The summed E-state index contributed by atoms with van der Waals surface area (Å²) < 4.78 is 5.52. The molecule has 3 rings (SSSR count). The zero-order valence-electron chi connectivity index (χ0n) is 12.9. The lowest BCUT2D eigenvalue weighted by atomic mass is 10.2. The molecule has 1 aliphatic rings. The van der Waals surface area contributed by atoms with E-state index in [2.05, 4.69) is 28.4 Å². The van der Waals surface area contributed by atoms with Crippen LogP contribution in [0, 0.1) is 0 Å². The van der Waals surface area contributed by atoms with E-state index in [9.17, 15) is 4.79 Å². The van der Waals surface area contributed by atoms with Crippen molar-refractivity contribution in [3.8, 4) is 10.4 Å². The van der Waals surface area contributed by atoms with Crippen LogP contribution in [-0.2, 0) is 16.1 Å². The Hall–Kier alpha value is -1.40. The van der Waals surface area contributed by atoms with Gasteiger partial charge in [0.25, 0.3) is 0 Å². The molecule has 1 atom stereocenters. The third-order valence-electron chi connectivity index (χ3n) is 3.84. The molecule has 1 amide bonds. The Morgan fingerprint density at radius 1 is 1.43 bits per heavy atom. The van der Waals surface area contributed by atoms with E-state index in [1.807, 2.05) is 18.2 Å². The first-order chi connectivity index (χ1) is 11.2. The molecule has 1 fully saturated rings. The highest BCUT2D eigenvalue weighted by molar-refractivity contribution is 7.15. The Balaban J connectivity index is 1.66. The number of amides is 1. The monoisotopic (exact) mass is 350 g/mol. The maximum absolute atomic E-state index is 11.7. The molecule has 0 aliphatic carbocycles. The number of likely N-dealkylation sites (N-methyl/N-ethyl adjacent to an activating group) is 1. The van der Waals surface area contributed by atoms with Gasteiger partial charge < -0.3 is 10.1 Å². The van der Waals surface area contributed by atoms with Crippen molar-refractivity contribution in [2.75, 3.05) is 26.7 Å². The average molecular weight is 351 g/mol. The van der Waals surface area contributed by atoms with E-state index in [0.29, 0.717) is 13.2 Å². The Morgan fingerprint density at radius 2 is 2.30 bits per heavy atom. The highest BCUT2D eigenvalue weighted by atomic mass is 35.5. The van der Waals surface area contributed by atoms with Gasteiger partial charge in [0.2, 0.25) is 5.91 Å². The van der Waals surface area contributed by atoms with Crippen molar-refractivity contribution >= 4 is 28.8 Å². The molecule has 23 heavy (non-hydrogen) atoms. The molecule has 1 N–H and O–H groups in total. The zero-order valence-corrected chi connectivity index (χ0v) is 14.5. The summed E-state index contributed by atoms with van der Waals surface area (Å²) in [6.07, 6.45) is -0.374. The summed E-state index contributed by atoms with van der Waals surface area (Å²) in [7, 11) is 1.64. The lowest BCUT2D eigenvalue weighted by Crippen LogP contribution is -2.48. The standard InChI is InChI=1S/C17H19ClN2O2S/c1-19-17(21)15-11-20(7-8-22-15)10-14-5-6-16(23-14)12-3-2-4-13(18)9-12/h2-6,9,15H,7-8,10-11H2,1H3,(H,19,21)/t15-/m0/s1. The van der Waals surface area contributed by atoms with Crippen LogP contribution in [0.4, 0.5) is 0 Å². The predicted molar refractivity (Wildman–Crippen MR) is 93.8 cm³/mol. The number of carbonyl (C=O) groups is 1. The van der Waals surface area contributed by atoms with E-state index < -0.39 is 0 Å². The number of rotatable bonds is 4. The first-order valence-corrected chi connectivity index (χ1v) is 8.75. The van der Waals surface area contributed by atoms with Crippen LogP contribution in [-0.4, -0.2) is 43.7 Å². The van der Waals surface area contributed by atoms with Gasteiger partial charge in [-0.3, -0.25) is 9.69 Å². The molecule has 0 spiro atoms. The highest BCUT2D eigenvalue weighted by Gasteiger charge is 2.26. The fraction of sp³-hybridized carbons (Fsp3) is 0.353. The molecule has 0 bridgehead atoms. The number of hydrogen-bond acceptors (Lipinski definition) is 4. The van der Waals surface area contributed by atoms with Crippen LogP contribution in [0.5, 0.6) is 0 Å². The summed E-state index contributed by atoms with van der Waals surface area (Å²) in [4.78, 5) is 16.5. The third kappa shape index (κ3) is 4.12. The Morgan fingerprint density at radius 3 is 3.09 bits per heavy atom. The number of halogens is 1. The van der Waals surface area contributed by atoms with Crippen LogP contribution in [0.1, 0.15) is 4.88 Å². The van der Waals surface area contributed by atoms with Crippen molar-refractivity contribution in [2.24, 2.45) is 0 Å². The third-order valence-corrected chi connectivity index (χ3v) is 5.19. The predicted octanol–water partition coefficient (Wildman–Crippen LogP) is 3.02. The van der Waals surface area contributed by atoms with E-state index in [-0.39, 0.29) is 12.0 Å². The highest BCUT2D eigenvalue weighted by Crippen LogP contribution is 2.30. The minimum Gasteiger partial charge on any atom is -0.366 e. The fourth-order valence-corrected chi connectivity index (χ4v) is 3.88. The summed E-state index contributed by atoms with van der Waals surface area (Å²) in [6.45, 7) is 2.90. The van der Waals surface area contributed by atoms with Gasteiger partial charge in [-0.05, 0) is 29.8 Å². The summed E-state index contributed by atoms with van der Waals surface area (Å²) in [6, 6.07) is 12.2. The minimum atomic E-state index is -0.374. The van der Waals surface area contributed by atoms with Gasteiger partial charge in [0.05, 0.1) is 6.61 Å². The van der Waals surface area contributed by atoms with Gasteiger partial charge in [0.15, 0.2) is 0 Å². The summed E-state index contributed by atoms with van der Waals surface area (Å²) in [5.41, 5.74) is 1.14. The van der Waals surface area contributed by atoms with Crippen LogP contribution in [0.25, 0.3) is 10.4 Å². The van der Waals surface area contributed by atoms with Crippen LogP contribution in [0.3, 0.4) is 0 Å². The number of carbonyl (C=O) groups excluding carboxylic acids is 1. The molecule has 0 unspecified atom stereocenters. The Bertz CT molecular complexity index is 689. The van der Waals surface area contributed by atoms with Crippen molar-refractivity contribution in [3.05, 3.63) is 46.3 Å². The zero-order chi connectivity index (χ0) is 16.2. The smallest absolute Gasteiger partial charge is 0.250 e. The number of nitrogens with one attached hydrogen (secondary N) is 1. The summed E-state index contributed by atoms with van der Waals surface area (Å²) >= 11 is 7.82. The van der Waals surface area contributed by atoms with Crippen molar-refractivity contribution < 1.29 is 9.53 Å². The van der Waals surface area contributed by atoms with E-state index in [4.69, 9.17) is 16.3 Å². The van der Waals surface area contributed by atoms with Crippen molar-refractivity contribution in [1.29, 1.82) is 0 Å². The van der Waals surface area contributed by atoms with Crippen molar-refractivity contribution in [1.82, 2.24) is 10.2 Å². The molecule has 1 aromatic heterocycles. The molecular formula is C17H19ClN2O2S. The molecule has 2 heterocycles. The molecule has 0 saturated carbocycles. The first kappa shape index (κ1) is 16.5. The lowest BCUT2D eigenvalue weighted by molar-refractivity contribution is -0.138. The lowest BCUT2D eigenvalue weighted by Gasteiger charge is -2.31. The second-order valence-corrected chi connectivity index (χ2v) is 7.09. The molecule has 122 valence electrons. The SMILES string of the molecule is CNC(=O)[C@@H]1CN(Cc2ccc(-c3cccc(Cl)c3)s2)CCO1. The Labute approximate surface area is 145 Å². The molecule has 1 saturated heterocycles. The first-order valence-electron chi connectivity index (χ1n) is 7.56. The number of thiophene rings is 1. The number of morpholine rings is 1. The van der Waals surface area contributed by atoms with Gasteiger partial charge in [-0.15, -0.1) is 11.3 Å². The molecule has 1 aliphatic heterocycles. The number of benzene rings is 1. The van der Waals surface area contributed by atoms with Crippen molar-refractivity contribution in [3.63, 3.8) is 0 Å². The van der Waals surface area contributed by atoms with E-state index in [0.717, 1.165) is 23.7 Å².